The molecule has 1 amide bonds. The Bertz CT molecular complexity index is 1010. The molecule has 1 unspecified atom stereocenters. The quantitative estimate of drug-likeness (QED) is 0.692. The van der Waals surface area contributed by atoms with Gasteiger partial charge in [-0.15, -0.1) is 11.3 Å². The average molecular weight is 411 g/mol. The second kappa shape index (κ2) is 8.37. The van der Waals surface area contributed by atoms with Gasteiger partial charge in [0.2, 0.25) is 5.91 Å². The Kier molecular flexibility index (Phi) is 5.67. The summed E-state index contributed by atoms with van der Waals surface area (Å²) in [5, 5.41) is 5.11. The van der Waals surface area contributed by atoms with Gasteiger partial charge in [0.15, 0.2) is 0 Å². The monoisotopic (exact) mass is 410 g/mol. The summed E-state index contributed by atoms with van der Waals surface area (Å²) in [5.41, 5.74) is 3.09. The number of thiazole rings is 1. The normalized spacial score (nSPS) is 16.8. The lowest BCUT2D eigenvalue weighted by atomic mass is 9.96. The second-order valence-electron chi connectivity index (χ2n) is 7.47. The molecule has 1 atom stereocenters. The Balaban J connectivity index is 1.48. The summed E-state index contributed by atoms with van der Waals surface area (Å²) in [7, 11) is 1.67. The maximum Gasteiger partial charge on any atom is 0.225 e. The van der Waals surface area contributed by atoms with Crippen molar-refractivity contribution in [3.8, 4) is 5.75 Å². The molecule has 3 heterocycles. The van der Waals surface area contributed by atoms with E-state index < -0.39 is 0 Å². The highest BCUT2D eigenvalue weighted by Gasteiger charge is 2.27. The molecular weight excluding hydrogens is 384 g/mol. The van der Waals surface area contributed by atoms with E-state index in [1.54, 1.807) is 18.4 Å². The van der Waals surface area contributed by atoms with Gasteiger partial charge in [-0.2, -0.15) is 0 Å². The zero-order valence-electron chi connectivity index (χ0n) is 17.1. The number of hydrogen-bond donors (Lipinski definition) is 1. The zero-order chi connectivity index (χ0) is 20.4. The molecule has 29 heavy (non-hydrogen) atoms. The molecular formula is C22H26N4O2S. The number of aryl methyl sites for hydroxylation is 2. The van der Waals surface area contributed by atoms with E-state index in [1.165, 1.54) is 4.88 Å². The van der Waals surface area contributed by atoms with Crippen molar-refractivity contribution in [2.75, 3.05) is 25.1 Å². The number of anilines is 1. The van der Waals surface area contributed by atoms with Crippen LogP contribution in [0.1, 0.15) is 28.4 Å². The number of rotatable bonds is 5. The summed E-state index contributed by atoms with van der Waals surface area (Å²) >= 11 is 1.65. The fourth-order valence-electron chi connectivity index (χ4n) is 3.85. The van der Waals surface area contributed by atoms with Gasteiger partial charge in [-0.1, -0.05) is 0 Å². The molecule has 0 bridgehead atoms. The molecule has 1 fully saturated rings. The van der Waals surface area contributed by atoms with Crippen LogP contribution in [0.5, 0.6) is 5.75 Å². The number of nitrogens with one attached hydrogen (secondary N) is 1. The number of aromatic nitrogens is 2. The summed E-state index contributed by atoms with van der Waals surface area (Å²) in [6, 6.07) is 7.95. The van der Waals surface area contributed by atoms with Crippen LogP contribution < -0.4 is 15.0 Å². The maximum absolute atomic E-state index is 12.8. The third kappa shape index (κ3) is 4.19. The first-order valence-electron chi connectivity index (χ1n) is 9.93. The molecule has 4 rings (SSSR count). The summed E-state index contributed by atoms with van der Waals surface area (Å²) in [4.78, 5) is 25.3. The second-order valence-corrected chi connectivity index (χ2v) is 8.75. The number of carbonyl (C=O) groups excluding carboxylic acids is 1. The van der Waals surface area contributed by atoms with E-state index in [0.717, 1.165) is 52.4 Å². The van der Waals surface area contributed by atoms with Crippen molar-refractivity contribution in [2.45, 2.75) is 33.2 Å². The summed E-state index contributed by atoms with van der Waals surface area (Å²) in [6.45, 7) is 6.21. The SMILES string of the molecule is COc1ccc2nccc(N3CCCC(C(=O)NCc4nc(C)c(C)s4)C3)c2c1. The number of methoxy groups -OCH3 is 1. The van der Waals surface area contributed by atoms with E-state index >= 15 is 0 Å². The van der Waals surface area contributed by atoms with Crippen molar-refractivity contribution in [3.63, 3.8) is 0 Å². The molecule has 3 aromatic rings. The van der Waals surface area contributed by atoms with E-state index in [2.05, 4.69) is 27.1 Å². The van der Waals surface area contributed by atoms with Crippen molar-refractivity contribution in [3.05, 3.63) is 46.0 Å². The first-order chi connectivity index (χ1) is 14.0. The van der Waals surface area contributed by atoms with Crippen LogP contribution in [0.25, 0.3) is 10.9 Å². The van der Waals surface area contributed by atoms with Crippen molar-refractivity contribution in [1.82, 2.24) is 15.3 Å². The van der Waals surface area contributed by atoms with Crippen molar-refractivity contribution in [2.24, 2.45) is 5.92 Å². The topological polar surface area (TPSA) is 67.3 Å². The minimum absolute atomic E-state index is 0.0280. The van der Waals surface area contributed by atoms with Crippen LogP contribution in [0, 0.1) is 19.8 Å². The Morgan fingerprint density at radius 1 is 1.34 bits per heavy atom. The number of ether oxygens (including phenoxy) is 1. The molecule has 6 nitrogen and oxygen atoms in total. The highest BCUT2D eigenvalue weighted by molar-refractivity contribution is 7.11. The number of nitrogens with zero attached hydrogens (tertiary/aromatic N) is 3. The Labute approximate surface area is 174 Å². The molecule has 2 aromatic heterocycles. The molecule has 1 aliphatic heterocycles. The molecule has 1 saturated heterocycles. The molecule has 0 radical (unpaired) electrons. The molecule has 1 aliphatic rings. The standard InChI is InChI=1S/C22H26N4O2S/c1-14-15(2)29-21(25-14)12-24-22(27)16-5-4-10-26(13-16)20-8-9-23-19-7-6-17(28-3)11-18(19)20/h6-9,11,16H,4-5,10,12-13H2,1-3H3,(H,24,27). The Morgan fingerprint density at radius 2 is 2.21 bits per heavy atom. The van der Waals surface area contributed by atoms with Crippen LogP contribution >= 0.6 is 11.3 Å². The lowest BCUT2D eigenvalue weighted by Crippen LogP contribution is -2.43. The lowest BCUT2D eigenvalue weighted by molar-refractivity contribution is -0.125. The fraction of sp³-hybridized carbons (Fsp3) is 0.409. The van der Waals surface area contributed by atoms with Crippen LogP contribution in [0.4, 0.5) is 5.69 Å². The van der Waals surface area contributed by atoms with Crippen LogP contribution in [-0.4, -0.2) is 36.1 Å². The predicted molar refractivity (Wildman–Crippen MR) is 117 cm³/mol. The Morgan fingerprint density at radius 3 is 2.97 bits per heavy atom. The largest absolute Gasteiger partial charge is 0.497 e. The summed E-state index contributed by atoms with van der Waals surface area (Å²) in [5.74, 6) is 0.892. The Hall–Kier alpha value is -2.67. The minimum Gasteiger partial charge on any atom is -0.497 e. The number of pyridine rings is 1. The van der Waals surface area contributed by atoms with Crippen LogP contribution in [0.15, 0.2) is 30.5 Å². The van der Waals surface area contributed by atoms with E-state index in [0.29, 0.717) is 13.1 Å². The first kappa shape index (κ1) is 19.6. The van der Waals surface area contributed by atoms with Gasteiger partial charge in [-0.25, -0.2) is 4.98 Å². The van der Waals surface area contributed by atoms with Gasteiger partial charge in [-0.05, 0) is 51.0 Å². The fourth-order valence-corrected chi connectivity index (χ4v) is 4.72. The zero-order valence-corrected chi connectivity index (χ0v) is 17.9. The van der Waals surface area contributed by atoms with Crippen LogP contribution in [0.3, 0.4) is 0 Å². The number of carbonyl (C=O) groups is 1. The van der Waals surface area contributed by atoms with Gasteiger partial charge < -0.3 is 15.0 Å². The van der Waals surface area contributed by atoms with Gasteiger partial charge in [0, 0.05) is 35.2 Å². The molecule has 152 valence electrons. The number of amides is 1. The summed E-state index contributed by atoms with van der Waals surface area (Å²) < 4.78 is 5.39. The first-order valence-corrected chi connectivity index (χ1v) is 10.7. The molecule has 0 saturated carbocycles. The average Bonchev–Trinajstić information content (AvgIpc) is 3.08. The van der Waals surface area contributed by atoms with E-state index in [-0.39, 0.29) is 11.8 Å². The van der Waals surface area contributed by atoms with Gasteiger partial charge in [0.05, 0.1) is 30.8 Å². The molecule has 1 N–H and O–H groups in total. The van der Waals surface area contributed by atoms with Gasteiger partial charge in [-0.3, -0.25) is 9.78 Å². The van der Waals surface area contributed by atoms with Crippen molar-refractivity contribution < 1.29 is 9.53 Å². The molecule has 7 heteroatoms. The van der Waals surface area contributed by atoms with Gasteiger partial charge >= 0.3 is 0 Å². The van der Waals surface area contributed by atoms with E-state index in [9.17, 15) is 4.79 Å². The van der Waals surface area contributed by atoms with Crippen molar-refractivity contribution >= 4 is 33.8 Å². The lowest BCUT2D eigenvalue weighted by Gasteiger charge is -2.34. The number of piperidine rings is 1. The third-order valence-corrected chi connectivity index (χ3v) is 6.62. The number of fused-ring (bicyclic) bond motifs is 1. The minimum atomic E-state index is -0.0280. The van der Waals surface area contributed by atoms with Gasteiger partial charge in [0.1, 0.15) is 10.8 Å². The van der Waals surface area contributed by atoms with Crippen molar-refractivity contribution in [1.29, 1.82) is 0 Å². The predicted octanol–water partition coefficient (Wildman–Crippen LogP) is 3.85. The molecule has 0 aliphatic carbocycles. The smallest absolute Gasteiger partial charge is 0.225 e. The highest BCUT2D eigenvalue weighted by Crippen LogP contribution is 2.31. The number of benzene rings is 1. The maximum atomic E-state index is 12.8. The van der Waals surface area contributed by atoms with Crippen LogP contribution in [-0.2, 0) is 11.3 Å². The van der Waals surface area contributed by atoms with E-state index in [4.69, 9.17) is 4.74 Å². The molecule has 1 aromatic carbocycles. The van der Waals surface area contributed by atoms with E-state index in [1.807, 2.05) is 37.4 Å². The highest BCUT2D eigenvalue weighted by atomic mass is 32.1. The number of hydrogen-bond acceptors (Lipinski definition) is 6. The third-order valence-electron chi connectivity index (χ3n) is 5.55. The van der Waals surface area contributed by atoms with Gasteiger partial charge in [0.25, 0.3) is 0 Å². The summed E-state index contributed by atoms with van der Waals surface area (Å²) in [6.07, 6.45) is 3.73. The molecule has 0 spiro atoms. The van der Waals surface area contributed by atoms with Crippen LogP contribution in [0.2, 0.25) is 0 Å².